The molecule has 0 saturated carbocycles. The Morgan fingerprint density at radius 2 is 2.00 bits per heavy atom. The smallest absolute Gasteiger partial charge is 0.251 e. The molecule has 3 aliphatic heterocycles. The first kappa shape index (κ1) is 21.7. The van der Waals surface area contributed by atoms with Crippen molar-refractivity contribution in [1.82, 2.24) is 25.3 Å². The summed E-state index contributed by atoms with van der Waals surface area (Å²) in [6.07, 6.45) is 1.64. The zero-order valence-electron chi connectivity index (χ0n) is 17.8. The fourth-order valence-electron chi connectivity index (χ4n) is 4.75. The molecular formula is C22H30FN5O3. The SMILES string of the molecule is CN1CCN(C(=O)CC[C@@H]2CNC(=O)[C@@H]3C[C@H](NC(=O)c4cccc(F)c4)CN23)CC1. The molecule has 3 heterocycles. The van der Waals surface area contributed by atoms with Gasteiger partial charge in [0, 0.05) is 63.3 Å². The van der Waals surface area contributed by atoms with Crippen molar-refractivity contribution in [2.75, 3.05) is 46.3 Å². The largest absolute Gasteiger partial charge is 0.353 e. The maximum Gasteiger partial charge on any atom is 0.251 e. The van der Waals surface area contributed by atoms with Gasteiger partial charge in [-0.3, -0.25) is 19.3 Å². The van der Waals surface area contributed by atoms with Crippen molar-refractivity contribution in [1.29, 1.82) is 0 Å². The first-order valence-electron chi connectivity index (χ1n) is 11.0. The molecule has 0 bridgehead atoms. The number of carbonyl (C=O) groups is 3. The van der Waals surface area contributed by atoms with Gasteiger partial charge in [-0.1, -0.05) is 6.07 Å². The van der Waals surface area contributed by atoms with Crippen LogP contribution in [0.3, 0.4) is 0 Å². The van der Waals surface area contributed by atoms with Gasteiger partial charge in [0.15, 0.2) is 0 Å². The van der Waals surface area contributed by atoms with Crippen LogP contribution in [-0.2, 0) is 9.59 Å². The number of hydrogen-bond donors (Lipinski definition) is 2. The van der Waals surface area contributed by atoms with Crippen LogP contribution in [0.25, 0.3) is 0 Å². The molecule has 0 unspecified atom stereocenters. The highest BCUT2D eigenvalue weighted by molar-refractivity contribution is 5.94. The number of benzene rings is 1. The third-order valence-corrected chi connectivity index (χ3v) is 6.59. The van der Waals surface area contributed by atoms with Gasteiger partial charge in [0.2, 0.25) is 11.8 Å². The fraction of sp³-hybridized carbons (Fsp3) is 0.591. The highest BCUT2D eigenvalue weighted by atomic mass is 19.1. The number of likely N-dealkylation sites (N-methyl/N-ethyl adjacent to an activating group) is 1. The van der Waals surface area contributed by atoms with E-state index in [1.807, 2.05) is 4.90 Å². The zero-order valence-corrected chi connectivity index (χ0v) is 17.8. The molecule has 1 aromatic rings. The van der Waals surface area contributed by atoms with Gasteiger partial charge in [-0.05, 0) is 38.1 Å². The lowest BCUT2D eigenvalue weighted by molar-refractivity contribution is -0.133. The number of piperazine rings is 2. The molecule has 3 aliphatic rings. The second-order valence-electron chi connectivity index (χ2n) is 8.75. The van der Waals surface area contributed by atoms with E-state index in [1.165, 1.54) is 18.2 Å². The molecule has 3 saturated heterocycles. The molecule has 0 radical (unpaired) electrons. The molecule has 0 spiro atoms. The highest BCUT2D eigenvalue weighted by Crippen LogP contribution is 2.26. The molecule has 31 heavy (non-hydrogen) atoms. The summed E-state index contributed by atoms with van der Waals surface area (Å²) in [4.78, 5) is 43.7. The molecule has 3 fully saturated rings. The molecule has 0 aromatic heterocycles. The number of halogens is 1. The van der Waals surface area contributed by atoms with Gasteiger partial charge in [0.05, 0.1) is 6.04 Å². The van der Waals surface area contributed by atoms with E-state index in [9.17, 15) is 18.8 Å². The molecule has 168 valence electrons. The first-order chi connectivity index (χ1) is 14.9. The molecule has 4 rings (SSSR count). The number of amides is 3. The summed E-state index contributed by atoms with van der Waals surface area (Å²) < 4.78 is 13.4. The number of carbonyl (C=O) groups excluding carboxylic acids is 3. The van der Waals surface area contributed by atoms with E-state index >= 15 is 0 Å². The van der Waals surface area contributed by atoms with E-state index in [2.05, 4.69) is 27.5 Å². The van der Waals surface area contributed by atoms with E-state index in [-0.39, 0.29) is 41.4 Å². The van der Waals surface area contributed by atoms with Gasteiger partial charge in [0.1, 0.15) is 5.82 Å². The summed E-state index contributed by atoms with van der Waals surface area (Å²) in [6.45, 7) is 4.37. The Hall–Kier alpha value is -2.52. The van der Waals surface area contributed by atoms with Crippen molar-refractivity contribution in [2.45, 2.75) is 37.4 Å². The summed E-state index contributed by atoms with van der Waals surface area (Å²) >= 11 is 0. The summed E-state index contributed by atoms with van der Waals surface area (Å²) in [5.74, 6) is -0.673. The van der Waals surface area contributed by atoms with Crippen LogP contribution in [0.4, 0.5) is 4.39 Å². The van der Waals surface area contributed by atoms with E-state index in [4.69, 9.17) is 0 Å². The highest BCUT2D eigenvalue weighted by Gasteiger charge is 2.43. The van der Waals surface area contributed by atoms with E-state index in [1.54, 1.807) is 6.07 Å². The quantitative estimate of drug-likeness (QED) is 0.688. The predicted molar refractivity (Wildman–Crippen MR) is 113 cm³/mol. The van der Waals surface area contributed by atoms with Crippen LogP contribution in [0.2, 0.25) is 0 Å². The first-order valence-corrected chi connectivity index (χ1v) is 11.0. The Bertz CT molecular complexity index is 842. The van der Waals surface area contributed by atoms with Crippen LogP contribution in [0.5, 0.6) is 0 Å². The Morgan fingerprint density at radius 3 is 2.74 bits per heavy atom. The molecule has 9 heteroatoms. The number of rotatable bonds is 5. The van der Waals surface area contributed by atoms with Gasteiger partial charge in [-0.25, -0.2) is 4.39 Å². The second-order valence-corrected chi connectivity index (χ2v) is 8.75. The average Bonchev–Trinajstić information content (AvgIpc) is 3.18. The van der Waals surface area contributed by atoms with E-state index < -0.39 is 5.82 Å². The Morgan fingerprint density at radius 1 is 1.23 bits per heavy atom. The zero-order chi connectivity index (χ0) is 22.0. The summed E-state index contributed by atoms with van der Waals surface area (Å²) in [6, 6.07) is 5.14. The molecule has 2 N–H and O–H groups in total. The summed E-state index contributed by atoms with van der Waals surface area (Å²) in [5.41, 5.74) is 0.267. The number of fused-ring (bicyclic) bond motifs is 1. The van der Waals surface area contributed by atoms with Crippen molar-refractivity contribution < 1.29 is 18.8 Å². The Kier molecular flexibility index (Phi) is 6.52. The topological polar surface area (TPSA) is 85.0 Å². The fourth-order valence-corrected chi connectivity index (χ4v) is 4.75. The van der Waals surface area contributed by atoms with Gasteiger partial charge in [-0.2, -0.15) is 0 Å². The lowest BCUT2D eigenvalue weighted by Gasteiger charge is -2.38. The van der Waals surface area contributed by atoms with Crippen LogP contribution in [0.15, 0.2) is 24.3 Å². The molecule has 8 nitrogen and oxygen atoms in total. The average molecular weight is 432 g/mol. The Labute approximate surface area is 181 Å². The predicted octanol–water partition coefficient (Wildman–Crippen LogP) is 0.0510. The summed E-state index contributed by atoms with van der Waals surface area (Å²) in [7, 11) is 2.06. The minimum Gasteiger partial charge on any atom is -0.353 e. The number of nitrogens with zero attached hydrogens (tertiary/aromatic N) is 3. The molecule has 0 aliphatic carbocycles. The second kappa shape index (κ2) is 9.32. The molecule has 3 atom stereocenters. The number of nitrogens with one attached hydrogen (secondary N) is 2. The van der Waals surface area contributed by atoms with Crippen molar-refractivity contribution in [3.05, 3.63) is 35.6 Å². The lowest BCUT2D eigenvalue weighted by Crippen LogP contribution is -2.58. The van der Waals surface area contributed by atoms with Crippen LogP contribution in [-0.4, -0.2) is 96.9 Å². The minimum atomic E-state index is -0.457. The van der Waals surface area contributed by atoms with E-state index in [0.717, 1.165) is 26.2 Å². The third kappa shape index (κ3) is 5.04. The van der Waals surface area contributed by atoms with Crippen LogP contribution in [0, 0.1) is 5.82 Å². The lowest BCUT2D eigenvalue weighted by atomic mass is 10.0. The third-order valence-electron chi connectivity index (χ3n) is 6.59. The van der Waals surface area contributed by atoms with Gasteiger partial charge < -0.3 is 20.4 Å². The maximum atomic E-state index is 13.4. The Balaban J connectivity index is 1.32. The van der Waals surface area contributed by atoms with Gasteiger partial charge >= 0.3 is 0 Å². The van der Waals surface area contributed by atoms with Crippen LogP contribution >= 0.6 is 0 Å². The van der Waals surface area contributed by atoms with Gasteiger partial charge in [-0.15, -0.1) is 0 Å². The maximum absolute atomic E-state index is 13.4. The van der Waals surface area contributed by atoms with Crippen molar-refractivity contribution in [3.63, 3.8) is 0 Å². The molecular weight excluding hydrogens is 401 g/mol. The minimum absolute atomic E-state index is 0.0378. The molecule has 1 aromatic carbocycles. The monoisotopic (exact) mass is 431 g/mol. The van der Waals surface area contributed by atoms with Crippen molar-refractivity contribution in [2.24, 2.45) is 0 Å². The van der Waals surface area contributed by atoms with Crippen molar-refractivity contribution in [3.8, 4) is 0 Å². The van der Waals surface area contributed by atoms with Crippen molar-refractivity contribution >= 4 is 17.7 Å². The van der Waals surface area contributed by atoms with Crippen LogP contribution < -0.4 is 10.6 Å². The standard InChI is InChI=1S/C22H30FN5O3/c1-26-7-9-27(10-8-26)20(29)6-5-18-13-24-22(31)19-12-17(14-28(18)19)25-21(30)15-3-2-4-16(23)11-15/h2-4,11,17-19H,5-10,12-14H2,1H3,(H,24,31)(H,25,30)/t17-,18+,19-/m0/s1. The van der Waals surface area contributed by atoms with E-state index in [0.29, 0.717) is 32.4 Å². The summed E-state index contributed by atoms with van der Waals surface area (Å²) in [5, 5.41) is 5.88. The van der Waals surface area contributed by atoms with Gasteiger partial charge in [0.25, 0.3) is 5.91 Å². The number of hydrogen-bond acceptors (Lipinski definition) is 5. The normalized spacial score (nSPS) is 27.0. The van der Waals surface area contributed by atoms with Crippen LogP contribution in [0.1, 0.15) is 29.6 Å². The molecule has 3 amide bonds.